The Kier molecular flexibility index (Phi) is 4.29. The van der Waals surface area contributed by atoms with E-state index in [1.807, 2.05) is 60.7 Å². The number of hydrogen-bond donors (Lipinski definition) is 2. The van der Waals surface area contributed by atoms with Gasteiger partial charge in [-0.1, -0.05) is 78.9 Å². The minimum atomic E-state index is -0.994. The number of rotatable bonds is 4. The second-order valence-electron chi connectivity index (χ2n) is 6.83. The van der Waals surface area contributed by atoms with E-state index in [2.05, 4.69) is 29.6 Å². The van der Waals surface area contributed by atoms with Crippen LogP contribution in [0.5, 0.6) is 0 Å². The Morgan fingerprint density at radius 3 is 2.00 bits per heavy atom. The number of aliphatic hydroxyl groups is 1. The maximum absolute atomic E-state index is 11.7. The molecule has 0 saturated carbocycles. The van der Waals surface area contributed by atoms with Gasteiger partial charge >= 0.3 is 0 Å². The highest BCUT2D eigenvalue weighted by atomic mass is 16.3. The van der Waals surface area contributed by atoms with Crippen LogP contribution < -0.4 is 5.32 Å². The molecule has 1 heterocycles. The molecule has 3 aromatic rings. The molecular formula is C23H23NO. The summed E-state index contributed by atoms with van der Waals surface area (Å²) >= 11 is 0. The normalized spacial score (nSPS) is 16.8. The lowest BCUT2D eigenvalue weighted by molar-refractivity contribution is 0.0643. The largest absolute Gasteiger partial charge is 0.382 e. The van der Waals surface area contributed by atoms with Crippen LogP contribution in [0.4, 0.5) is 5.69 Å². The number of para-hydroxylation sites is 1. The highest BCUT2D eigenvalue weighted by Gasteiger charge is 2.35. The van der Waals surface area contributed by atoms with Crippen molar-refractivity contribution in [1.82, 2.24) is 0 Å². The van der Waals surface area contributed by atoms with Crippen molar-refractivity contribution in [2.24, 2.45) is 0 Å². The molecule has 0 aromatic heterocycles. The fraction of sp³-hybridized carbons (Fsp3) is 0.217. The zero-order chi connectivity index (χ0) is 17.1. The van der Waals surface area contributed by atoms with Crippen molar-refractivity contribution in [3.8, 4) is 0 Å². The molecule has 1 aliphatic rings. The monoisotopic (exact) mass is 329 g/mol. The van der Waals surface area contributed by atoms with E-state index in [0.29, 0.717) is 6.42 Å². The molecule has 0 fully saturated rings. The van der Waals surface area contributed by atoms with Crippen LogP contribution in [0.15, 0.2) is 84.9 Å². The predicted octanol–water partition coefficient (Wildman–Crippen LogP) is 4.74. The summed E-state index contributed by atoms with van der Waals surface area (Å²) in [6.07, 6.45) is 2.72. The van der Waals surface area contributed by atoms with Gasteiger partial charge in [0, 0.05) is 18.2 Å². The number of nitrogens with one attached hydrogen (secondary N) is 1. The molecule has 0 saturated heterocycles. The van der Waals surface area contributed by atoms with Crippen LogP contribution in [0.1, 0.15) is 29.5 Å². The molecule has 1 aliphatic heterocycles. The van der Waals surface area contributed by atoms with E-state index < -0.39 is 5.60 Å². The molecule has 2 heteroatoms. The lowest BCUT2D eigenvalue weighted by Crippen LogP contribution is -2.37. The van der Waals surface area contributed by atoms with Gasteiger partial charge in [0.15, 0.2) is 0 Å². The van der Waals surface area contributed by atoms with Crippen LogP contribution >= 0.6 is 0 Å². The molecule has 2 nitrogen and oxygen atoms in total. The van der Waals surface area contributed by atoms with Crippen LogP contribution in [-0.2, 0) is 12.0 Å². The van der Waals surface area contributed by atoms with E-state index in [0.717, 1.165) is 24.0 Å². The minimum absolute atomic E-state index is 0.236. The van der Waals surface area contributed by atoms with Gasteiger partial charge in [0.05, 0.1) is 0 Å². The second kappa shape index (κ2) is 6.73. The fourth-order valence-electron chi connectivity index (χ4n) is 3.84. The Bertz CT molecular complexity index is 789. The summed E-state index contributed by atoms with van der Waals surface area (Å²) < 4.78 is 0. The van der Waals surface area contributed by atoms with E-state index in [1.165, 1.54) is 11.3 Å². The summed E-state index contributed by atoms with van der Waals surface area (Å²) in [6.45, 7) is 0. The molecule has 3 aromatic carbocycles. The molecule has 0 bridgehead atoms. The highest BCUT2D eigenvalue weighted by Crippen LogP contribution is 2.37. The molecular weight excluding hydrogens is 306 g/mol. The van der Waals surface area contributed by atoms with E-state index in [1.54, 1.807) is 0 Å². The quantitative estimate of drug-likeness (QED) is 0.724. The summed E-state index contributed by atoms with van der Waals surface area (Å²) in [5.41, 5.74) is 3.46. The van der Waals surface area contributed by atoms with Gasteiger partial charge in [-0.05, 0) is 35.6 Å². The smallest absolute Gasteiger partial charge is 0.117 e. The first-order chi connectivity index (χ1) is 12.3. The molecule has 4 rings (SSSR count). The summed E-state index contributed by atoms with van der Waals surface area (Å²) in [4.78, 5) is 0. The Morgan fingerprint density at radius 1 is 0.800 bits per heavy atom. The molecule has 0 unspecified atom stereocenters. The Labute approximate surface area is 149 Å². The number of aryl methyl sites for hydroxylation is 1. The van der Waals surface area contributed by atoms with Crippen molar-refractivity contribution in [1.29, 1.82) is 0 Å². The topological polar surface area (TPSA) is 32.3 Å². The third-order valence-corrected chi connectivity index (χ3v) is 5.18. The minimum Gasteiger partial charge on any atom is -0.382 e. The van der Waals surface area contributed by atoms with Gasteiger partial charge < -0.3 is 10.4 Å². The highest BCUT2D eigenvalue weighted by molar-refractivity contribution is 5.54. The lowest BCUT2D eigenvalue weighted by atomic mass is 9.79. The number of benzene rings is 3. The van der Waals surface area contributed by atoms with Crippen molar-refractivity contribution >= 4 is 5.69 Å². The third kappa shape index (κ3) is 3.18. The van der Waals surface area contributed by atoms with Gasteiger partial charge in [0.1, 0.15) is 5.60 Å². The third-order valence-electron chi connectivity index (χ3n) is 5.18. The van der Waals surface area contributed by atoms with Crippen molar-refractivity contribution in [3.63, 3.8) is 0 Å². The van der Waals surface area contributed by atoms with Gasteiger partial charge in [-0.15, -0.1) is 0 Å². The number of hydrogen-bond acceptors (Lipinski definition) is 2. The van der Waals surface area contributed by atoms with Crippen molar-refractivity contribution in [2.45, 2.75) is 30.9 Å². The molecule has 0 radical (unpaired) electrons. The van der Waals surface area contributed by atoms with E-state index >= 15 is 0 Å². The standard InChI is InChI=1S/C23H23NO/c25-23(19-10-3-1-4-11-19,20-12-5-2-6-13-20)17-21-16-15-18-9-7-8-14-22(18)24-21/h1-14,21,24-25H,15-17H2/t21-/m0/s1. The second-order valence-corrected chi connectivity index (χ2v) is 6.83. The van der Waals surface area contributed by atoms with Crippen LogP contribution in [0, 0.1) is 0 Å². The summed E-state index contributed by atoms with van der Waals surface area (Å²) in [6, 6.07) is 28.7. The molecule has 0 aliphatic carbocycles. The maximum Gasteiger partial charge on any atom is 0.117 e. The van der Waals surface area contributed by atoms with Crippen LogP contribution in [0.3, 0.4) is 0 Å². The lowest BCUT2D eigenvalue weighted by Gasteiger charge is -2.36. The Balaban J connectivity index is 1.66. The molecule has 2 N–H and O–H groups in total. The van der Waals surface area contributed by atoms with E-state index in [4.69, 9.17) is 0 Å². The van der Waals surface area contributed by atoms with Crippen molar-refractivity contribution in [3.05, 3.63) is 102 Å². The summed E-state index contributed by atoms with van der Waals surface area (Å²) in [7, 11) is 0. The van der Waals surface area contributed by atoms with Crippen molar-refractivity contribution in [2.75, 3.05) is 5.32 Å². The first kappa shape index (κ1) is 15.9. The van der Waals surface area contributed by atoms with Gasteiger partial charge in [-0.25, -0.2) is 0 Å². The predicted molar refractivity (Wildman–Crippen MR) is 103 cm³/mol. The number of fused-ring (bicyclic) bond motifs is 1. The number of anilines is 1. The van der Waals surface area contributed by atoms with Gasteiger partial charge in [-0.3, -0.25) is 0 Å². The van der Waals surface area contributed by atoms with Gasteiger partial charge in [0.2, 0.25) is 0 Å². The summed E-state index contributed by atoms with van der Waals surface area (Å²) in [5.74, 6) is 0. The van der Waals surface area contributed by atoms with E-state index in [-0.39, 0.29) is 6.04 Å². The zero-order valence-electron chi connectivity index (χ0n) is 14.2. The SMILES string of the molecule is OC(C[C@@H]1CCc2ccccc2N1)(c1ccccc1)c1ccccc1. The average molecular weight is 329 g/mol. The molecule has 0 spiro atoms. The van der Waals surface area contributed by atoms with Gasteiger partial charge in [0.25, 0.3) is 0 Å². The molecule has 1 atom stereocenters. The Morgan fingerprint density at radius 2 is 1.36 bits per heavy atom. The first-order valence-corrected chi connectivity index (χ1v) is 8.93. The van der Waals surface area contributed by atoms with Crippen LogP contribution in [0.2, 0.25) is 0 Å². The average Bonchev–Trinajstić information content (AvgIpc) is 2.69. The molecule has 0 amide bonds. The van der Waals surface area contributed by atoms with Crippen LogP contribution in [0.25, 0.3) is 0 Å². The molecule has 25 heavy (non-hydrogen) atoms. The first-order valence-electron chi connectivity index (χ1n) is 8.93. The Hall–Kier alpha value is -2.58. The van der Waals surface area contributed by atoms with Crippen molar-refractivity contribution < 1.29 is 5.11 Å². The maximum atomic E-state index is 11.7. The van der Waals surface area contributed by atoms with E-state index in [9.17, 15) is 5.11 Å². The fourth-order valence-corrected chi connectivity index (χ4v) is 3.84. The summed E-state index contributed by atoms with van der Waals surface area (Å²) in [5, 5.41) is 15.3. The zero-order valence-corrected chi connectivity index (χ0v) is 14.2. The van der Waals surface area contributed by atoms with Gasteiger partial charge in [-0.2, -0.15) is 0 Å². The van der Waals surface area contributed by atoms with Crippen LogP contribution in [-0.4, -0.2) is 11.1 Å². The molecule has 126 valence electrons.